The third kappa shape index (κ3) is 2.76. The number of nitrogens with zero attached hydrogens (tertiary/aromatic N) is 2. The van der Waals surface area contributed by atoms with Crippen LogP contribution in [0.1, 0.15) is 35.2 Å². The molecule has 3 aromatic carbocycles. The van der Waals surface area contributed by atoms with Crippen molar-refractivity contribution in [1.82, 2.24) is 9.47 Å². The molecule has 0 aliphatic carbocycles. The maximum Gasteiger partial charge on any atom is 0.0489 e. The largest absolute Gasteiger partial charge is 0.339 e. The minimum absolute atomic E-state index is 0.367. The number of rotatable bonds is 3. The molecule has 0 amide bonds. The molecule has 0 unspecified atom stereocenters. The van der Waals surface area contributed by atoms with Gasteiger partial charge in [-0.15, -0.1) is 0 Å². The maximum atomic E-state index is 2.57. The van der Waals surface area contributed by atoms with E-state index in [4.69, 9.17) is 0 Å². The SMILES string of the molecule is C[C@H]1[C@H](c2ccccc2)c2c(c3ccccc3n2Cc2ccccc2)CN1C. The van der Waals surface area contributed by atoms with Gasteiger partial charge in [-0.3, -0.25) is 4.90 Å². The number of likely N-dealkylation sites (N-methyl/N-ethyl adjacent to an activating group) is 1. The molecule has 0 bridgehead atoms. The van der Waals surface area contributed by atoms with Gasteiger partial charge in [0.1, 0.15) is 0 Å². The summed E-state index contributed by atoms with van der Waals surface area (Å²) in [6, 6.07) is 31.2. The third-order valence-corrected chi connectivity index (χ3v) is 6.34. The van der Waals surface area contributed by atoms with Crippen LogP contribution in [0.3, 0.4) is 0 Å². The molecule has 2 nitrogen and oxygen atoms in total. The number of hydrogen-bond donors (Lipinski definition) is 0. The van der Waals surface area contributed by atoms with Gasteiger partial charge in [0.05, 0.1) is 0 Å². The molecule has 1 aliphatic heterocycles. The Morgan fingerprint density at radius 3 is 2.21 bits per heavy atom. The van der Waals surface area contributed by atoms with E-state index in [0.717, 1.165) is 13.1 Å². The highest BCUT2D eigenvalue weighted by atomic mass is 15.2. The van der Waals surface area contributed by atoms with Crippen LogP contribution >= 0.6 is 0 Å². The quantitative estimate of drug-likeness (QED) is 0.454. The predicted molar refractivity (Wildman–Crippen MR) is 117 cm³/mol. The Morgan fingerprint density at radius 2 is 1.46 bits per heavy atom. The van der Waals surface area contributed by atoms with Gasteiger partial charge in [0.15, 0.2) is 0 Å². The van der Waals surface area contributed by atoms with E-state index >= 15 is 0 Å². The summed E-state index contributed by atoms with van der Waals surface area (Å²) in [6.45, 7) is 4.28. The summed E-state index contributed by atoms with van der Waals surface area (Å²) in [5, 5.41) is 1.40. The zero-order valence-corrected chi connectivity index (χ0v) is 16.5. The second-order valence-electron chi connectivity index (χ2n) is 8.00. The standard InChI is InChI=1S/C26H26N2/c1-19-25(21-13-7-4-8-14-21)26-23(18-27(19)2)22-15-9-10-16-24(22)28(26)17-20-11-5-3-6-12-20/h3-16,19,25H,17-18H2,1-2H3/t19-,25+/m0/s1. The fourth-order valence-corrected chi connectivity index (χ4v) is 4.83. The van der Waals surface area contributed by atoms with Crippen LogP contribution in [0.15, 0.2) is 84.9 Å². The van der Waals surface area contributed by atoms with Crippen molar-refractivity contribution in [2.24, 2.45) is 0 Å². The Bertz CT molecular complexity index is 1100. The summed E-state index contributed by atoms with van der Waals surface area (Å²) >= 11 is 0. The van der Waals surface area contributed by atoms with Crippen molar-refractivity contribution in [3.8, 4) is 0 Å². The molecule has 0 N–H and O–H groups in total. The van der Waals surface area contributed by atoms with Gasteiger partial charge in [-0.05, 0) is 36.7 Å². The number of benzene rings is 3. The first-order valence-corrected chi connectivity index (χ1v) is 10.1. The Hall–Kier alpha value is -2.84. The number of para-hydroxylation sites is 1. The second kappa shape index (κ2) is 6.96. The topological polar surface area (TPSA) is 8.17 Å². The highest BCUT2D eigenvalue weighted by Crippen LogP contribution is 2.42. The lowest BCUT2D eigenvalue weighted by molar-refractivity contribution is 0.208. The van der Waals surface area contributed by atoms with Crippen LogP contribution in [0.5, 0.6) is 0 Å². The summed E-state index contributed by atoms with van der Waals surface area (Å²) < 4.78 is 2.57. The van der Waals surface area contributed by atoms with Gasteiger partial charge in [-0.2, -0.15) is 0 Å². The van der Waals surface area contributed by atoms with Crippen LogP contribution in [0, 0.1) is 0 Å². The van der Waals surface area contributed by atoms with Gasteiger partial charge in [-0.1, -0.05) is 78.9 Å². The first-order valence-electron chi connectivity index (χ1n) is 10.1. The second-order valence-corrected chi connectivity index (χ2v) is 8.00. The first kappa shape index (κ1) is 17.3. The van der Waals surface area contributed by atoms with Crippen molar-refractivity contribution in [2.75, 3.05) is 7.05 Å². The summed E-state index contributed by atoms with van der Waals surface area (Å²) in [4.78, 5) is 2.50. The van der Waals surface area contributed by atoms with Gasteiger partial charge in [0.25, 0.3) is 0 Å². The lowest BCUT2D eigenvalue weighted by atomic mass is 9.83. The van der Waals surface area contributed by atoms with E-state index in [-0.39, 0.29) is 0 Å². The van der Waals surface area contributed by atoms with Crippen LogP contribution < -0.4 is 0 Å². The summed E-state index contributed by atoms with van der Waals surface area (Å²) in [7, 11) is 2.26. The Morgan fingerprint density at radius 1 is 0.821 bits per heavy atom. The van der Waals surface area contributed by atoms with Gasteiger partial charge in [-0.25, -0.2) is 0 Å². The van der Waals surface area contributed by atoms with E-state index in [1.54, 1.807) is 0 Å². The zero-order valence-electron chi connectivity index (χ0n) is 16.5. The number of aromatic nitrogens is 1. The maximum absolute atomic E-state index is 2.57. The predicted octanol–water partition coefficient (Wildman–Crippen LogP) is 5.66. The molecule has 2 heterocycles. The molecular weight excluding hydrogens is 340 g/mol. The van der Waals surface area contributed by atoms with Crippen LogP contribution in [0.4, 0.5) is 0 Å². The molecule has 5 rings (SSSR count). The smallest absolute Gasteiger partial charge is 0.0489 e. The summed E-state index contributed by atoms with van der Waals surface area (Å²) in [5.41, 5.74) is 7.08. The van der Waals surface area contributed by atoms with Gasteiger partial charge < -0.3 is 4.57 Å². The molecule has 0 saturated heterocycles. The van der Waals surface area contributed by atoms with E-state index < -0.39 is 0 Å². The van der Waals surface area contributed by atoms with Crippen molar-refractivity contribution in [2.45, 2.75) is 32.0 Å². The van der Waals surface area contributed by atoms with Crippen LogP contribution in [0.2, 0.25) is 0 Å². The summed E-state index contributed by atoms with van der Waals surface area (Å²) in [6.07, 6.45) is 0. The van der Waals surface area contributed by atoms with Crippen molar-refractivity contribution in [1.29, 1.82) is 0 Å². The van der Waals surface area contributed by atoms with Crippen LogP contribution in [-0.2, 0) is 13.1 Å². The van der Waals surface area contributed by atoms with E-state index in [9.17, 15) is 0 Å². The average Bonchev–Trinajstić information content (AvgIpc) is 3.04. The number of hydrogen-bond acceptors (Lipinski definition) is 1. The van der Waals surface area contributed by atoms with E-state index in [1.165, 1.54) is 33.3 Å². The van der Waals surface area contributed by atoms with Crippen LogP contribution in [-0.4, -0.2) is 22.6 Å². The molecule has 0 radical (unpaired) electrons. The van der Waals surface area contributed by atoms with Crippen molar-refractivity contribution in [3.05, 3.63) is 107 Å². The molecule has 0 spiro atoms. The monoisotopic (exact) mass is 366 g/mol. The molecule has 140 valence electrons. The molecule has 0 fully saturated rings. The summed E-state index contributed by atoms with van der Waals surface area (Å²) in [5.74, 6) is 0.367. The third-order valence-electron chi connectivity index (χ3n) is 6.34. The fraction of sp³-hybridized carbons (Fsp3) is 0.231. The average molecular weight is 367 g/mol. The Kier molecular flexibility index (Phi) is 4.29. The van der Waals surface area contributed by atoms with Crippen molar-refractivity contribution >= 4 is 10.9 Å². The molecule has 4 aromatic rings. The van der Waals surface area contributed by atoms with Gasteiger partial charge in [0, 0.05) is 41.6 Å². The molecule has 0 saturated carbocycles. The fourth-order valence-electron chi connectivity index (χ4n) is 4.83. The lowest BCUT2D eigenvalue weighted by Crippen LogP contribution is -2.40. The molecule has 28 heavy (non-hydrogen) atoms. The molecular formula is C26H26N2. The molecule has 1 aliphatic rings. The number of fused-ring (bicyclic) bond motifs is 3. The van der Waals surface area contributed by atoms with Crippen LogP contribution in [0.25, 0.3) is 10.9 Å². The molecule has 2 heteroatoms. The normalized spacial score (nSPS) is 19.6. The lowest BCUT2D eigenvalue weighted by Gasteiger charge is -2.38. The van der Waals surface area contributed by atoms with Gasteiger partial charge in [0.2, 0.25) is 0 Å². The minimum Gasteiger partial charge on any atom is -0.339 e. The van der Waals surface area contributed by atoms with Gasteiger partial charge >= 0.3 is 0 Å². The zero-order chi connectivity index (χ0) is 19.1. The Balaban J connectivity index is 1.77. The van der Waals surface area contributed by atoms with E-state index in [0.29, 0.717) is 12.0 Å². The highest BCUT2D eigenvalue weighted by molar-refractivity contribution is 5.86. The van der Waals surface area contributed by atoms with E-state index in [1.807, 2.05) is 0 Å². The minimum atomic E-state index is 0.367. The highest BCUT2D eigenvalue weighted by Gasteiger charge is 2.35. The molecule has 1 aromatic heterocycles. The molecule has 2 atom stereocenters. The first-order chi connectivity index (χ1) is 13.7. The Labute approximate surface area is 167 Å². The van der Waals surface area contributed by atoms with E-state index in [2.05, 4.69) is 108 Å². The van der Waals surface area contributed by atoms with Crippen molar-refractivity contribution in [3.63, 3.8) is 0 Å². The van der Waals surface area contributed by atoms with Crippen molar-refractivity contribution < 1.29 is 0 Å².